The van der Waals surface area contributed by atoms with Gasteiger partial charge in [-0.3, -0.25) is 0 Å². The molecule has 1 aliphatic heterocycles. The van der Waals surface area contributed by atoms with E-state index in [0.717, 1.165) is 22.6 Å². The smallest absolute Gasteiger partial charge is 0.263 e. The lowest BCUT2D eigenvalue weighted by Gasteiger charge is -2.18. The van der Waals surface area contributed by atoms with Gasteiger partial charge in [-0.2, -0.15) is 0 Å². The molecular weight excluding hydrogens is 262 g/mol. The molecule has 1 aromatic carbocycles. The third-order valence-corrected chi connectivity index (χ3v) is 3.51. The third-order valence-electron chi connectivity index (χ3n) is 3.51. The van der Waals surface area contributed by atoms with Crippen LogP contribution >= 0.6 is 0 Å². The summed E-state index contributed by atoms with van der Waals surface area (Å²) in [7, 11) is 5.91. The molecule has 0 aromatic heterocycles. The second kappa shape index (κ2) is 6.39. The van der Waals surface area contributed by atoms with Crippen molar-refractivity contribution >= 4 is 11.4 Å². The molecule has 0 unspecified atom stereocenters. The normalized spacial score (nSPS) is 16.1. The Morgan fingerprint density at radius 3 is 2.38 bits per heavy atom. The third kappa shape index (κ3) is 3.60. The van der Waals surface area contributed by atoms with Crippen LogP contribution in [-0.2, 0) is 0 Å². The molecule has 1 heterocycles. The Labute approximate surface area is 126 Å². The van der Waals surface area contributed by atoms with E-state index >= 15 is 0 Å². The predicted octanol–water partition coefficient (Wildman–Crippen LogP) is 3.80. The predicted molar refractivity (Wildman–Crippen MR) is 87.4 cm³/mol. The van der Waals surface area contributed by atoms with Crippen LogP contribution in [0.2, 0.25) is 0 Å². The molecule has 0 saturated heterocycles. The van der Waals surface area contributed by atoms with Gasteiger partial charge in [0.15, 0.2) is 0 Å². The molecular formula is C17H22N3O+. The summed E-state index contributed by atoms with van der Waals surface area (Å²) in [6, 6.07) is 7.54. The number of rotatable bonds is 4. The fraction of sp³-hybridized carbons (Fsp3) is 0.294. The first-order chi connectivity index (χ1) is 10.0. The summed E-state index contributed by atoms with van der Waals surface area (Å²) in [5, 5.41) is 0. The van der Waals surface area contributed by atoms with Crippen LogP contribution < -0.4 is 4.90 Å². The zero-order chi connectivity index (χ0) is 15.4. The number of anilines is 1. The van der Waals surface area contributed by atoms with Gasteiger partial charge in [0, 0.05) is 50.1 Å². The highest BCUT2D eigenvalue weighted by Gasteiger charge is 2.15. The molecule has 1 aromatic rings. The maximum absolute atomic E-state index is 12.2. The topological polar surface area (TPSA) is 26.6 Å². The molecule has 110 valence electrons. The summed E-state index contributed by atoms with van der Waals surface area (Å²) in [5.41, 5.74) is 3.83. The molecule has 0 saturated carbocycles. The van der Waals surface area contributed by atoms with E-state index in [1.54, 1.807) is 6.20 Å². The van der Waals surface area contributed by atoms with Gasteiger partial charge in [-0.15, -0.1) is 0 Å². The van der Waals surface area contributed by atoms with Crippen molar-refractivity contribution in [3.8, 4) is 0 Å². The molecule has 0 aliphatic carbocycles. The van der Waals surface area contributed by atoms with E-state index in [9.17, 15) is 4.91 Å². The van der Waals surface area contributed by atoms with Crippen molar-refractivity contribution < 1.29 is 4.76 Å². The molecule has 21 heavy (non-hydrogen) atoms. The van der Waals surface area contributed by atoms with Gasteiger partial charge in [-0.1, -0.05) is 13.0 Å². The van der Waals surface area contributed by atoms with Crippen molar-refractivity contribution in [1.29, 1.82) is 0 Å². The first-order valence-electron chi connectivity index (χ1n) is 7.08. The van der Waals surface area contributed by atoms with E-state index < -0.39 is 0 Å². The second-order valence-corrected chi connectivity index (χ2v) is 5.29. The van der Waals surface area contributed by atoms with E-state index in [-0.39, 0.29) is 0 Å². The summed E-state index contributed by atoms with van der Waals surface area (Å²) in [6.45, 7) is 2.12. The van der Waals surface area contributed by atoms with Crippen molar-refractivity contribution in [1.82, 2.24) is 4.90 Å². The average Bonchev–Trinajstić information content (AvgIpc) is 2.49. The minimum Gasteiger partial charge on any atom is -0.378 e. The van der Waals surface area contributed by atoms with Crippen LogP contribution in [0.25, 0.3) is 0 Å². The van der Waals surface area contributed by atoms with Gasteiger partial charge < -0.3 is 9.80 Å². The van der Waals surface area contributed by atoms with E-state index in [2.05, 4.69) is 19.2 Å². The lowest BCUT2D eigenvalue weighted by molar-refractivity contribution is -0.386. The van der Waals surface area contributed by atoms with Gasteiger partial charge in [0.05, 0.1) is 4.76 Å². The number of nitrogens with zero attached hydrogens (tertiary/aromatic N) is 3. The van der Waals surface area contributed by atoms with Crippen LogP contribution in [0.4, 0.5) is 11.4 Å². The highest BCUT2D eigenvalue weighted by atomic mass is 16.3. The molecule has 1 aliphatic rings. The van der Waals surface area contributed by atoms with Crippen LogP contribution in [0, 0.1) is 4.91 Å². The first-order valence-corrected chi connectivity index (χ1v) is 7.08. The molecule has 2 rings (SSSR count). The fourth-order valence-electron chi connectivity index (χ4n) is 2.11. The lowest BCUT2D eigenvalue weighted by Crippen LogP contribution is -2.14. The second-order valence-electron chi connectivity index (χ2n) is 5.29. The number of nitroso groups, excluding NO2 is 1. The Kier molecular flexibility index (Phi) is 4.58. The van der Waals surface area contributed by atoms with Crippen LogP contribution in [0.3, 0.4) is 0 Å². The van der Waals surface area contributed by atoms with Crippen molar-refractivity contribution in [3.05, 3.63) is 65.0 Å². The minimum atomic E-state index is 0.625. The zero-order valence-corrected chi connectivity index (χ0v) is 13.1. The van der Waals surface area contributed by atoms with E-state index in [1.807, 2.05) is 61.3 Å². The number of hydrogen-bond donors (Lipinski definition) is 0. The van der Waals surface area contributed by atoms with Gasteiger partial charge in [-0.25, -0.2) is 0 Å². The Hall–Kier alpha value is -2.36. The fourth-order valence-corrected chi connectivity index (χ4v) is 2.11. The Balaban J connectivity index is 2.16. The van der Waals surface area contributed by atoms with Gasteiger partial charge in [0.1, 0.15) is 5.70 Å². The molecule has 0 spiro atoms. The van der Waals surface area contributed by atoms with Gasteiger partial charge in [0.25, 0.3) is 11.9 Å². The van der Waals surface area contributed by atoms with Crippen molar-refractivity contribution in [2.75, 3.05) is 26.0 Å². The van der Waals surface area contributed by atoms with Crippen LogP contribution in [-0.4, -0.2) is 30.8 Å². The largest absolute Gasteiger partial charge is 0.378 e. The van der Waals surface area contributed by atoms with Gasteiger partial charge in [0.2, 0.25) is 0 Å². The molecule has 0 amide bonds. The summed E-state index contributed by atoms with van der Waals surface area (Å²) in [6.07, 6.45) is 8.66. The van der Waals surface area contributed by atoms with E-state index in [4.69, 9.17) is 0 Å². The molecule has 0 radical (unpaired) electrons. The maximum Gasteiger partial charge on any atom is 0.263 e. The molecule has 0 fully saturated rings. The van der Waals surface area contributed by atoms with E-state index in [1.165, 1.54) is 5.57 Å². The summed E-state index contributed by atoms with van der Waals surface area (Å²) in [5.74, 6) is 0. The SMILES string of the molecule is CCC1=CN(C)C(=C[N+](=O)c2ccc(N(C)C)cc2)C=C1. The Bertz CT molecular complexity index is 609. The van der Waals surface area contributed by atoms with Crippen molar-refractivity contribution in [3.63, 3.8) is 0 Å². The standard InChI is InChI=1S/C17H22N3O/c1-5-14-6-7-17(19(4)12-14)13-20(21)16-10-8-15(9-11-16)18(2)3/h6-13H,5H2,1-4H3/q+1. The van der Waals surface area contributed by atoms with Gasteiger partial charge in [-0.05, 0) is 30.2 Å². The quantitative estimate of drug-likeness (QED) is 0.787. The van der Waals surface area contributed by atoms with Crippen molar-refractivity contribution in [2.45, 2.75) is 13.3 Å². The zero-order valence-electron chi connectivity index (χ0n) is 13.1. The number of benzene rings is 1. The van der Waals surface area contributed by atoms with Crippen LogP contribution in [0.5, 0.6) is 0 Å². The summed E-state index contributed by atoms with van der Waals surface area (Å²) < 4.78 is 0.903. The summed E-state index contributed by atoms with van der Waals surface area (Å²) in [4.78, 5) is 16.2. The Morgan fingerprint density at radius 2 is 1.86 bits per heavy atom. The van der Waals surface area contributed by atoms with E-state index in [0.29, 0.717) is 5.69 Å². The van der Waals surface area contributed by atoms with Crippen LogP contribution in [0.1, 0.15) is 13.3 Å². The number of hydrogen-bond acceptors (Lipinski definition) is 3. The monoisotopic (exact) mass is 284 g/mol. The lowest BCUT2D eigenvalue weighted by atomic mass is 10.1. The molecule has 0 atom stereocenters. The molecule has 0 N–H and O–H groups in total. The summed E-state index contributed by atoms with van der Waals surface area (Å²) >= 11 is 0. The molecule has 0 bridgehead atoms. The number of allylic oxidation sites excluding steroid dienone is 3. The van der Waals surface area contributed by atoms with Gasteiger partial charge >= 0.3 is 0 Å². The minimum absolute atomic E-state index is 0.625. The highest BCUT2D eigenvalue weighted by Crippen LogP contribution is 2.21. The van der Waals surface area contributed by atoms with Crippen molar-refractivity contribution in [2.24, 2.45) is 0 Å². The number of likely N-dealkylation sites (N-methyl/N-ethyl adjacent to an activating group) is 1. The molecule has 4 nitrogen and oxygen atoms in total. The highest BCUT2D eigenvalue weighted by molar-refractivity contribution is 5.49. The maximum atomic E-state index is 12.2. The Morgan fingerprint density at radius 1 is 1.19 bits per heavy atom. The molecule has 4 heteroatoms. The average molecular weight is 284 g/mol. The van der Waals surface area contributed by atoms with Crippen LogP contribution in [0.15, 0.2) is 60.1 Å². The first kappa shape index (κ1) is 15.0.